The van der Waals surface area contributed by atoms with Crippen molar-refractivity contribution < 1.29 is 44.9 Å². The summed E-state index contributed by atoms with van der Waals surface area (Å²) >= 11 is 0. The van der Waals surface area contributed by atoms with Crippen LogP contribution in [0.15, 0.2) is 30.3 Å². The zero-order valence-corrected chi connectivity index (χ0v) is 16.5. The second-order valence-corrected chi connectivity index (χ2v) is 7.68. The molecule has 0 aliphatic carbocycles. The third-order valence-electron chi connectivity index (χ3n) is 4.19. The van der Waals surface area contributed by atoms with Crippen LogP contribution in [0.3, 0.4) is 0 Å². The van der Waals surface area contributed by atoms with Crippen LogP contribution in [0, 0.1) is 0 Å². The van der Waals surface area contributed by atoms with E-state index >= 15 is 0 Å². The van der Waals surface area contributed by atoms with Crippen molar-refractivity contribution in [2.24, 2.45) is 0 Å². The highest BCUT2D eigenvalue weighted by Gasteiger charge is 2.51. The molecule has 1 heterocycles. The molecule has 12 heteroatoms. The minimum atomic E-state index is -6.24. The second kappa shape index (κ2) is 7.85. The van der Waals surface area contributed by atoms with E-state index in [0.717, 1.165) is 0 Å². The van der Waals surface area contributed by atoms with E-state index in [2.05, 4.69) is 4.28 Å². The zero-order chi connectivity index (χ0) is 22.3. The zero-order valence-electron chi connectivity index (χ0n) is 15.7. The molecule has 0 aromatic heterocycles. The van der Waals surface area contributed by atoms with Crippen LogP contribution in [0.5, 0.6) is 5.75 Å². The van der Waals surface area contributed by atoms with Gasteiger partial charge in [-0.3, -0.25) is 9.59 Å². The molecule has 1 aliphatic rings. The number of carbonyl (C=O) groups excluding carboxylic acids is 2. The maximum Gasteiger partial charge on any atom is 0.525 e. The lowest BCUT2D eigenvalue weighted by molar-refractivity contribution is -0.0776. The van der Waals surface area contributed by atoms with Crippen molar-refractivity contribution in [3.05, 3.63) is 41.5 Å². The Bertz CT molecular complexity index is 1110. The van der Waals surface area contributed by atoms with Crippen molar-refractivity contribution in [2.75, 3.05) is 6.61 Å². The molecular weight excluding hydrogens is 431 g/mol. The summed E-state index contributed by atoms with van der Waals surface area (Å²) in [6.45, 7) is 3.91. The molecule has 3 rings (SSSR count). The summed E-state index contributed by atoms with van der Waals surface area (Å²) in [6, 6.07) is 6.97. The van der Waals surface area contributed by atoms with Crippen molar-refractivity contribution in [3.63, 3.8) is 0 Å². The highest BCUT2D eigenvalue weighted by atomic mass is 32.2. The first-order chi connectivity index (χ1) is 14.0. The highest BCUT2D eigenvalue weighted by molar-refractivity contribution is 7.87. The molecular formula is C18H16F3NO7S. The molecule has 0 fully saturated rings. The number of halogens is 3. The summed E-state index contributed by atoms with van der Waals surface area (Å²) in [7, 11) is -6.24. The second-order valence-electron chi connectivity index (χ2n) is 6.16. The van der Waals surface area contributed by atoms with E-state index in [0.29, 0.717) is 18.4 Å². The van der Waals surface area contributed by atoms with Gasteiger partial charge in [0.2, 0.25) is 0 Å². The van der Waals surface area contributed by atoms with E-state index in [9.17, 15) is 31.2 Å². The number of imide groups is 1. The number of rotatable bonds is 7. The van der Waals surface area contributed by atoms with E-state index < -0.39 is 38.8 Å². The van der Waals surface area contributed by atoms with E-state index in [4.69, 9.17) is 9.47 Å². The molecule has 2 aromatic carbocycles. The summed E-state index contributed by atoms with van der Waals surface area (Å²) in [5, 5.41) is 0.128. The van der Waals surface area contributed by atoms with Crippen molar-refractivity contribution in [3.8, 4) is 5.75 Å². The van der Waals surface area contributed by atoms with Gasteiger partial charge in [0.15, 0.2) is 6.29 Å². The SMILES string of the molecule is CCOC(CC)Oc1cc2c3c(cccc3c1)C(=O)N(OS(=O)(=O)C(F)(F)F)C2=O. The molecule has 2 aromatic rings. The van der Waals surface area contributed by atoms with Crippen LogP contribution in [-0.2, 0) is 19.1 Å². The fourth-order valence-corrected chi connectivity index (χ4v) is 3.32. The Morgan fingerprint density at radius 3 is 2.33 bits per heavy atom. The average molecular weight is 447 g/mol. The van der Waals surface area contributed by atoms with Crippen LogP contribution < -0.4 is 4.74 Å². The monoisotopic (exact) mass is 447 g/mol. The third-order valence-corrected chi connectivity index (χ3v) is 5.10. The van der Waals surface area contributed by atoms with Crippen LogP contribution in [0.25, 0.3) is 10.8 Å². The van der Waals surface area contributed by atoms with Gasteiger partial charge in [-0.1, -0.05) is 19.1 Å². The van der Waals surface area contributed by atoms with Gasteiger partial charge in [0.05, 0.1) is 11.1 Å². The van der Waals surface area contributed by atoms with Gasteiger partial charge < -0.3 is 9.47 Å². The summed E-state index contributed by atoms with van der Waals surface area (Å²) in [4.78, 5) is 25.2. The van der Waals surface area contributed by atoms with Crippen molar-refractivity contribution in [1.29, 1.82) is 0 Å². The Balaban J connectivity index is 2.09. The van der Waals surface area contributed by atoms with E-state index in [1.807, 2.05) is 0 Å². The first kappa shape index (κ1) is 22.0. The van der Waals surface area contributed by atoms with E-state index in [1.165, 1.54) is 24.3 Å². The Hall–Kier alpha value is -2.70. The predicted octanol–water partition coefficient (Wildman–Crippen LogP) is 3.37. The number of hydroxylamine groups is 2. The topological polar surface area (TPSA) is 99.2 Å². The first-order valence-corrected chi connectivity index (χ1v) is 10.2. The molecule has 2 amide bonds. The molecule has 0 bridgehead atoms. The van der Waals surface area contributed by atoms with Gasteiger partial charge in [-0.15, -0.1) is 9.35 Å². The average Bonchev–Trinajstić information content (AvgIpc) is 2.67. The molecule has 0 saturated heterocycles. The quantitative estimate of drug-likeness (QED) is 0.365. The summed E-state index contributed by atoms with van der Waals surface area (Å²) < 4.78 is 75.7. The van der Waals surface area contributed by atoms with Crippen LogP contribution in [0.2, 0.25) is 0 Å². The first-order valence-electron chi connectivity index (χ1n) is 8.74. The molecule has 0 saturated carbocycles. The summed E-state index contributed by atoms with van der Waals surface area (Å²) in [5.74, 6) is -2.55. The van der Waals surface area contributed by atoms with Gasteiger partial charge in [-0.2, -0.15) is 21.6 Å². The Morgan fingerprint density at radius 1 is 1.07 bits per heavy atom. The lowest BCUT2D eigenvalue weighted by Crippen LogP contribution is -2.44. The van der Waals surface area contributed by atoms with E-state index in [1.54, 1.807) is 19.9 Å². The number of amides is 2. The normalized spacial score (nSPS) is 15.6. The smallest absolute Gasteiger partial charge is 0.465 e. The predicted molar refractivity (Wildman–Crippen MR) is 96.8 cm³/mol. The van der Waals surface area contributed by atoms with Crippen molar-refractivity contribution >= 4 is 32.7 Å². The summed E-state index contributed by atoms with van der Waals surface area (Å²) in [6.07, 6.45) is -0.187. The maximum atomic E-state index is 12.7. The molecule has 162 valence electrons. The van der Waals surface area contributed by atoms with Crippen molar-refractivity contribution in [2.45, 2.75) is 32.1 Å². The fraction of sp³-hybridized carbons (Fsp3) is 0.333. The fourth-order valence-electron chi connectivity index (χ4n) is 2.91. The Kier molecular flexibility index (Phi) is 5.76. The molecule has 8 nitrogen and oxygen atoms in total. The van der Waals surface area contributed by atoms with E-state index in [-0.39, 0.29) is 22.3 Å². The maximum absolute atomic E-state index is 12.7. The largest absolute Gasteiger partial charge is 0.525 e. The van der Waals surface area contributed by atoms with Crippen LogP contribution in [-0.4, -0.2) is 43.7 Å². The highest BCUT2D eigenvalue weighted by Crippen LogP contribution is 2.35. The molecule has 0 N–H and O–H groups in total. The number of carbonyl (C=O) groups is 2. The van der Waals surface area contributed by atoms with Gasteiger partial charge in [0, 0.05) is 18.4 Å². The molecule has 1 atom stereocenters. The number of hydrogen-bond acceptors (Lipinski definition) is 7. The van der Waals surface area contributed by atoms with Crippen LogP contribution >= 0.6 is 0 Å². The molecule has 30 heavy (non-hydrogen) atoms. The lowest BCUT2D eigenvalue weighted by atomic mass is 9.95. The molecule has 0 radical (unpaired) electrons. The third kappa shape index (κ3) is 3.85. The van der Waals surface area contributed by atoms with Gasteiger partial charge in [-0.25, -0.2) is 0 Å². The number of alkyl halides is 3. The standard InChI is InChI=1S/C18H16F3NO7S/c1-3-14(27-4-2)28-11-8-10-6-5-7-12-15(10)13(9-11)17(24)22(16(12)23)29-30(25,26)18(19,20)21/h5-9,14H,3-4H2,1-2H3. The number of benzene rings is 2. The Labute approximate surface area is 169 Å². The molecule has 0 spiro atoms. The van der Waals surface area contributed by atoms with Crippen LogP contribution in [0.1, 0.15) is 41.0 Å². The van der Waals surface area contributed by atoms with Gasteiger partial charge in [0.1, 0.15) is 5.75 Å². The van der Waals surface area contributed by atoms with Crippen LogP contribution in [0.4, 0.5) is 13.2 Å². The van der Waals surface area contributed by atoms with Gasteiger partial charge in [0.25, 0.3) is 11.8 Å². The van der Waals surface area contributed by atoms with Gasteiger partial charge >= 0.3 is 15.6 Å². The number of ether oxygens (including phenoxy) is 2. The molecule has 1 unspecified atom stereocenters. The van der Waals surface area contributed by atoms with Crippen molar-refractivity contribution in [1.82, 2.24) is 5.06 Å². The van der Waals surface area contributed by atoms with Gasteiger partial charge in [-0.05, 0) is 30.5 Å². The minimum absolute atomic E-state index is 0.147. The lowest BCUT2D eigenvalue weighted by Gasteiger charge is -2.26. The molecule has 1 aliphatic heterocycles. The Morgan fingerprint density at radius 2 is 1.73 bits per heavy atom. The number of hydrogen-bond donors (Lipinski definition) is 0. The summed E-state index contributed by atoms with van der Waals surface area (Å²) in [5.41, 5.74) is -6.26. The minimum Gasteiger partial charge on any atom is -0.465 e. The number of nitrogens with zero attached hydrogens (tertiary/aromatic N) is 1.